The number of carboxylic acid groups (broad SMARTS) is 1. The van der Waals surface area contributed by atoms with Crippen LogP contribution in [-0.4, -0.2) is 11.1 Å². The van der Waals surface area contributed by atoms with Gasteiger partial charge in [0.25, 0.3) is 0 Å². The first-order valence-electron chi connectivity index (χ1n) is 8.24. The summed E-state index contributed by atoms with van der Waals surface area (Å²) >= 11 is 9.40. The Morgan fingerprint density at radius 3 is 2.41 bits per heavy atom. The summed E-state index contributed by atoms with van der Waals surface area (Å²) in [5.74, 6) is -0.158. The van der Waals surface area contributed by atoms with Crippen LogP contribution in [0.1, 0.15) is 21.5 Å². The summed E-state index contributed by atoms with van der Waals surface area (Å²) in [7, 11) is 0. The van der Waals surface area contributed by atoms with Gasteiger partial charge in [0, 0.05) is 27.3 Å². The van der Waals surface area contributed by atoms with Gasteiger partial charge in [0.1, 0.15) is 12.4 Å². The van der Waals surface area contributed by atoms with E-state index in [-0.39, 0.29) is 5.56 Å². The van der Waals surface area contributed by atoms with Crippen LogP contribution in [0, 0.1) is 0 Å². The number of benzene rings is 3. The smallest absolute Gasteiger partial charge is 0.335 e. The van der Waals surface area contributed by atoms with Gasteiger partial charge in [-0.1, -0.05) is 39.7 Å². The second-order valence-electron chi connectivity index (χ2n) is 5.90. The zero-order valence-electron chi connectivity index (χ0n) is 14.3. The largest absolute Gasteiger partial charge is 0.489 e. The van der Waals surface area contributed by atoms with Gasteiger partial charge in [-0.25, -0.2) is 4.79 Å². The summed E-state index contributed by atoms with van der Waals surface area (Å²) in [6, 6.07) is 20.0. The van der Waals surface area contributed by atoms with Crippen LogP contribution in [0.15, 0.2) is 71.2 Å². The molecular weight excluding hydrogens is 430 g/mol. The number of halogens is 2. The van der Waals surface area contributed by atoms with Crippen LogP contribution in [0.5, 0.6) is 5.75 Å². The average Bonchev–Trinajstić information content (AvgIpc) is 2.67. The number of carbonyl (C=O) groups is 1. The molecule has 0 aliphatic rings. The molecule has 0 bridgehead atoms. The molecule has 0 spiro atoms. The van der Waals surface area contributed by atoms with E-state index >= 15 is 0 Å². The van der Waals surface area contributed by atoms with Gasteiger partial charge in [0.05, 0.1) is 5.56 Å². The highest BCUT2D eigenvalue weighted by Gasteiger charge is 2.07. The molecule has 0 unspecified atom stereocenters. The summed E-state index contributed by atoms with van der Waals surface area (Å²) in [5, 5.41) is 13.0. The first-order valence-corrected chi connectivity index (χ1v) is 9.41. The molecule has 0 atom stereocenters. The van der Waals surface area contributed by atoms with Crippen molar-refractivity contribution in [3.8, 4) is 5.75 Å². The molecule has 3 aromatic rings. The number of ether oxygens (including phenoxy) is 1. The minimum Gasteiger partial charge on any atom is -0.489 e. The Hall–Kier alpha value is -2.50. The minimum atomic E-state index is -0.938. The third-order valence-electron chi connectivity index (χ3n) is 3.94. The normalized spacial score (nSPS) is 10.4. The Bertz CT molecular complexity index is 927. The Morgan fingerprint density at radius 2 is 1.74 bits per heavy atom. The first kappa shape index (κ1) is 19.3. The van der Waals surface area contributed by atoms with Gasteiger partial charge in [0.15, 0.2) is 0 Å². The molecule has 0 radical (unpaired) electrons. The van der Waals surface area contributed by atoms with E-state index in [0.29, 0.717) is 18.2 Å². The van der Waals surface area contributed by atoms with Crippen molar-refractivity contribution in [1.29, 1.82) is 0 Å². The van der Waals surface area contributed by atoms with E-state index < -0.39 is 5.97 Å². The molecule has 0 saturated carbocycles. The maximum absolute atomic E-state index is 10.9. The van der Waals surface area contributed by atoms with E-state index in [2.05, 4.69) is 21.2 Å². The molecule has 0 amide bonds. The fraction of sp³-hybridized carbons (Fsp3) is 0.0952. The van der Waals surface area contributed by atoms with E-state index in [0.717, 1.165) is 27.0 Å². The monoisotopic (exact) mass is 445 g/mol. The molecule has 0 saturated heterocycles. The lowest BCUT2D eigenvalue weighted by atomic mass is 10.1. The van der Waals surface area contributed by atoms with E-state index in [1.54, 1.807) is 24.3 Å². The summed E-state index contributed by atoms with van der Waals surface area (Å²) in [5.41, 5.74) is 3.12. The Kier molecular flexibility index (Phi) is 6.37. The van der Waals surface area contributed by atoms with Crippen LogP contribution in [0.3, 0.4) is 0 Å². The second kappa shape index (κ2) is 8.93. The highest BCUT2D eigenvalue weighted by molar-refractivity contribution is 9.10. The molecule has 27 heavy (non-hydrogen) atoms. The van der Waals surface area contributed by atoms with Gasteiger partial charge in [-0.3, -0.25) is 0 Å². The zero-order chi connectivity index (χ0) is 19.2. The van der Waals surface area contributed by atoms with Crippen molar-refractivity contribution in [2.24, 2.45) is 0 Å². The van der Waals surface area contributed by atoms with Gasteiger partial charge in [-0.15, -0.1) is 0 Å². The highest BCUT2D eigenvalue weighted by atomic mass is 79.9. The zero-order valence-corrected chi connectivity index (χ0v) is 16.6. The molecule has 3 aromatic carbocycles. The van der Waals surface area contributed by atoms with Crippen LogP contribution >= 0.6 is 27.5 Å². The van der Waals surface area contributed by atoms with Crippen molar-refractivity contribution < 1.29 is 14.6 Å². The van der Waals surface area contributed by atoms with Crippen LogP contribution in [0.4, 0.5) is 5.69 Å². The van der Waals surface area contributed by atoms with Gasteiger partial charge < -0.3 is 15.2 Å². The molecule has 0 aromatic heterocycles. The first-order chi connectivity index (χ1) is 13.0. The lowest BCUT2D eigenvalue weighted by molar-refractivity contribution is 0.0697. The fourth-order valence-corrected chi connectivity index (χ4v) is 3.03. The number of anilines is 1. The molecule has 138 valence electrons. The molecule has 4 nitrogen and oxygen atoms in total. The SMILES string of the molecule is O=C(O)c1ccc(NCc2cc(Br)ccc2OCc2ccc(Cl)cc2)cc1. The van der Waals surface area contributed by atoms with Crippen LogP contribution in [-0.2, 0) is 13.2 Å². The molecular formula is C21H17BrClNO3. The topological polar surface area (TPSA) is 58.6 Å². The third kappa shape index (κ3) is 5.49. The molecule has 0 fully saturated rings. The summed E-state index contributed by atoms with van der Waals surface area (Å²) in [4.78, 5) is 10.9. The van der Waals surface area contributed by atoms with E-state index in [9.17, 15) is 4.79 Å². The van der Waals surface area contributed by atoms with E-state index in [4.69, 9.17) is 21.4 Å². The summed E-state index contributed by atoms with van der Waals surface area (Å²) in [6.45, 7) is 0.987. The van der Waals surface area contributed by atoms with Crippen molar-refractivity contribution in [3.63, 3.8) is 0 Å². The lowest BCUT2D eigenvalue weighted by Crippen LogP contribution is -2.04. The van der Waals surface area contributed by atoms with Crippen LogP contribution in [0.25, 0.3) is 0 Å². The number of hydrogen-bond donors (Lipinski definition) is 2. The average molecular weight is 447 g/mol. The molecule has 0 heterocycles. The van der Waals surface area contributed by atoms with E-state index in [1.165, 1.54) is 0 Å². The molecule has 2 N–H and O–H groups in total. The molecule has 3 rings (SSSR count). The van der Waals surface area contributed by atoms with E-state index in [1.807, 2.05) is 42.5 Å². The van der Waals surface area contributed by atoms with Crippen LogP contribution in [0.2, 0.25) is 5.02 Å². The number of rotatable bonds is 7. The number of carboxylic acids is 1. The van der Waals surface area contributed by atoms with Crippen molar-refractivity contribution in [3.05, 3.63) is 92.9 Å². The minimum absolute atomic E-state index is 0.259. The third-order valence-corrected chi connectivity index (χ3v) is 4.69. The van der Waals surface area contributed by atoms with Gasteiger partial charge >= 0.3 is 5.97 Å². The summed E-state index contributed by atoms with van der Waals surface area (Å²) < 4.78 is 6.93. The number of nitrogens with one attached hydrogen (secondary N) is 1. The Labute approximate surface area is 170 Å². The Morgan fingerprint density at radius 1 is 1.04 bits per heavy atom. The summed E-state index contributed by atoms with van der Waals surface area (Å²) in [6.07, 6.45) is 0. The van der Waals surface area contributed by atoms with Crippen molar-refractivity contribution in [2.75, 3.05) is 5.32 Å². The van der Waals surface area contributed by atoms with Gasteiger partial charge in [-0.05, 0) is 60.2 Å². The maximum atomic E-state index is 10.9. The predicted octanol–water partition coefficient (Wildman–Crippen LogP) is 5.99. The fourth-order valence-electron chi connectivity index (χ4n) is 2.50. The standard InChI is InChI=1S/C21H17BrClNO3/c22-17-5-10-20(27-13-14-1-6-18(23)7-2-14)16(11-17)12-24-19-8-3-15(4-9-19)21(25)26/h1-11,24H,12-13H2,(H,25,26). The lowest BCUT2D eigenvalue weighted by Gasteiger charge is -2.14. The number of hydrogen-bond acceptors (Lipinski definition) is 3. The molecule has 0 aliphatic carbocycles. The number of aromatic carboxylic acids is 1. The predicted molar refractivity (Wildman–Crippen MR) is 111 cm³/mol. The maximum Gasteiger partial charge on any atom is 0.335 e. The quantitative estimate of drug-likeness (QED) is 0.468. The highest BCUT2D eigenvalue weighted by Crippen LogP contribution is 2.25. The van der Waals surface area contributed by atoms with Crippen molar-refractivity contribution in [2.45, 2.75) is 13.2 Å². The van der Waals surface area contributed by atoms with Gasteiger partial charge in [0.2, 0.25) is 0 Å². The van der Waals surface area contributed by atoms with Crippen molar-refractivity contribution >= 4 is 39.2 Å². The van der Waals surface area contributed by atoms with Crippen LogP contribution < -0.4 is 10.1 Å². The second-order valence-corrected chi connectivity index (χ2v) is 7.26. The molecule has 6 heteroatoms. The van der Waals surface area contributed by atoms with Gasteiger partial charge in [-0.2, -0.15) is 0 Å². The Balaban J connectivity index is 1.68. The van der Waals surface area contributed by atoms with Crippen molar-refractivity contribution in [1.82, 2.24) is 0 Å². The molecule has 0 aliphatic heterocycles.